The van der Waals surface area contributed by atoms with Crippen molar-refractivity contribution in [2.75, 3.05) is 17.3 Å². The van der Waals surface area contributed by atoms with Crippen LogP contribution >= 0.6 is 0 Å². The fourth-order valence-corrected chi connectivity index (χ4v) is 1.86. The molecule has 0 aliphatic rings. The Morgan fingerprint density at radius 3 is 2.65 bits per heavy atom. The van der Waals surface area contributed by atoms with Gasteiger partial charge in [0.15, 0.2) is 9.84 Å². The number of rotatable bonds is 4. The third-order valence-electron chi connectivity index (χ3n) is 2.05. The molecule has 0 aliphatic heterocycles. The van der Waals surface area contributed by atoms with E-state index < -0.39 is 27.6 Å². The van der Waals surface area contributed by atoms with Crippen LogP contribution in [0.25, 0.3) is 0 Å². The van der Waals surface area contributed by atoms with E-state index in [0.29, 0.717) is 11.3 Å². The minimum atomic E-state index is -3.33. The van der Waals surface area contributed by atoms with Crippen LogP contribution in [0.4, 0.5) is 5.69 Å². The largest absolute Gasteiger partial charge is 0.389 e. The highest BCUT2D eigenvalue weighted by Crippen LogP contribution is 2.16. The Morgan fingerprint density at radius 2 is 2.12 bits per heavy atom. The van der Waals surface area contributed by atoms with Crippen LogP contribution in [0, 0.1) is 0 Å². The van der Waals surface area contributed by atoms with Crippen molar-refractivity contribution in [2.45, 2.75) is 13.0 Å². The molecule has 1 aromatic rings. The second kappa shape index (κ2) is 5.29. The Balaban J connectivity index is 2.75. The first-order valence-electron chi connectivity index (χ1n) is 5.03. The summed E-state index contributed by atoms with van der Waals surface area (Å²) in [5.74, 6) is -1.14. The first-order valence-corrected chi connectivity index (χ1v) is 7.09. The fourth-order valence-electron chi connectivity index (χ4n) is 1.31. The maximum Gasteiger partial charge on any atom is 0.239 e. The number of aliphatic hydroxyl groups excluding tert-OH is 1. The number of nitrogens with one attached hydrogen (secondary N) is 1. The minimum absolute atomic E-state index is 0.469. The Bertz CT molecular complexity index is 508. The van der Waals surface area contributed by atoms with E-state index in [-0.39, 0.29) is 0 Å². The summed E-state index contributed by atoms with van der Waals surface area (Å²) in [6.07, 6.45) is 0.362. The van der Waals surface area contributed by atoms with E-state index in [2.05, 4.69) is 5.32 Å². The van der Waals surface area contributed by atoms with E-state index in [1.54, 1.807) is 31.2 Å². The monoisotopic (exact) mass is 257 g/mol. The van der Waals surface area contributed by atoms with Crippen LogP contribution in [0.2, 0.25) is 0 Å². The number of carbonyl (C=O) groups excluding carboxylic acids is 1. The first-order chi connectivity index (χ1) is 7.78. The minimum Gasteiger partial charge on any atom is -0.389 e. The van der Waals surface area contributed by atoms with Crippen LogP contribution < -0.4 is 5.32 Å². The smallest absolute Gasteiger partial charge is 0.239 e. The maximum absolute atomic E-state index is 11.4. The number of amides is 1. The van der Waals surface area contributed by atoms with Crippen LogP contribution in [0.5, 0.6) is 0 Å². The average Bonchev–Trinajstić information content (AvgIpc) is 2.14. The van der Waals surface area contributed by atoms with E-state index in [1.807, 2.05) is 0 Å². The molecule has 0 aliphatic carbocycles. The van der Waals surface area contributed by atoms with E-state index in [4.69, 9.17) is 0 Å². The Morgan fingerprint density at radius 1 is 1.47 bits per heavy atom. The summed E-state index contributed by atoms with van der Waals surface area (Å²) < 4.78 is 21.8. The molecule has 1 aromatic carbocycles. The van der Waals surface area contributed by atoms with Gasteiger partial charge in [-0.05, 0) is 24.6 Å². The molecular formula is C11H15NO4S. The SMILES string of the molecule is CC(O)c1cccc(NC(=O)CS(C)(=O)=O)c1. The summed E-state index contributed by atoms with van der Waals surface area (Å²) in [6, 6.07) is 6.63. The molecule has 17 heavy (non-hydrogen) atoms. The normalized spacial score (nSPS) is 13.1. The summed E-state index contributed by atoms with van der Waals surface area (Å²) in [4.78, 5) is 11.4. The topological polar surface area (TPSA) is 83.5 Å². The lowest BCUT2D eigenvalue weighted by Gasteiger charge is -2.08. The molecule has 1 atom stereocenters. The van der Waals surface area contributed by atoms with Gasteiger partial charge in [0.2, 0.25) is 5.91 Å². The predicted octanol–water partition coefficient (Wildman–Crippen LogP) is 0.723. The highest BCUT2D eigenvalue weighted by Gasteiger charge is 2.11. The first kappa shape index (κ1) is 13.7. The molecule has 0 heterocycles. The Hall–Kier alpha value is -1.40. The second-order valence-electron chi connectivity index (χ2n) is 3.92. The molecular weight excluding hydrogens is 242 g/mol. The van der Waals surface area contributed by atoms with Crippen LogP contribution in [0.1, 0.15) is 18.6 Å². The lowest BCUT2D eigenvalue weighted by atomic mass is 10.1. The molecule has 0 saturated carbocycles. The Labute approximate surface area is 100 Å². The van der Waals surface area contributed by atoms with Gasteiger partial charge in [-0.2, -0.15) is 0 Å². The number of sulfone groups is 1. The second-order valence-corrected chi connectivity index (χ2v) is 6.06. The number of hydrogen-bond acceptors (Lipinski definition) is 4. The van der Waals surface area contributed by atoms with Crippen molar-refractivity contribution >= 4 is 21.4 Å². The van der Waals surface area contributed by atoms with Crippen molar-refractivity contribution in [1.29, 1.82) is 0 Å². The zero-order chi connectivity index (χ0) is 13.1. The lowest BCUT2D eigenvalue weighted by molar-refractivity contribution is -0.113. The van der Waals surface area contributed by atoms with Crippen molar-refractivity contribution in [2.24, 2.45) is 0 Å². The van der Waals surface area contributed by atoms with Crippen molar-refractivity contribution in [1.82, 2.24) is 0 Å². The zero-order valence-corrected chi connectivity index (χ0v) is 10.5. The standard InChI is InChI=1S/C11H15NO4S/c1-8(13)9-4-3-5-10(6-9)12-11(14)7-17(2,15)16/h3-6,8,13H,7H2,1-2H3,(H,12,14). The van der Waals surface area contributed by atoms with Crippen LogP contribution in [-0.2, 0) is 14.6 Å². The molecule has 1 amide bonds. The molecule has 0 bridgehead atoms. The summed E-state index contributed by atoms with van der Waals surface area (Å²) in [7, 11) is -3.33. The van der Waals surface area contributed by atoms with Crippen LogP contribution in [0.15, 0.2) is 24.3 Å². The van der Waals surface area contributed by atoms with Gasteiger partial charge in [0.25, 0.3) is 0 Å². The molecule has 2 N–H and O–H groups in total. The van der Waals surface area contributed by atoms with Gasteiger partial charge in [-0.25, -0.2) is 8.42 Å². The van der Waals surface area contributed by atoms with Gasteiger partial charge in [0, 0.05) is 11.9 Å². The highest BCUT2D eigenvalue weighted by molar-refractivity contribution is 7.91. The average molecular weight is 257 g/mol. The maximum atomic E-state index is 11.4. The molecule has 6 heteroatoms. The third kappa shape index (κ3) is 4.97. The highest BCUT2D eigenvalue weighted by atomic mass is 32.2. The summed E-state index contributed by atoms with van der Waals surface area (Å²) >= 11 is 0. The number of aliphatic hydroxyl groups is 1. The molecule has 0 spiro atoms. The van der Waals surface area contributed by atoms with Gasteiger partial charge in [-0.3, -0.25) is 4.79 Å². The van der Waals surface area contributed by atoms with Gasteiger partial charge < -0.3 is 10.4 Å². The third-order valence-corrected chi connectivity index (χ3v) is 2.83. The van der Waals surface area contributed by atoms with Crippen molar-refractivity contribution < 1.29 is 18.3 Å². The molecule has 94 valence electrons. The number of benzene rings is 1. The number of carbonyl (C=O) groups is 1. The predicted molar refractivity (Wildman–Crippen MR) is 65.4 cm³/mol. The van der Waals surface area contributed by atoms with Gasteiger partial charge in [0.1, 0.15) is 5.75 Å². The van der Waals surface area contributed by atoms with Crippen LogP contribution in [0.3, 0.4) is 0 Å². The lowest BCUT2D eigenvalue weighted by Crippen LogP contribution is -2.21. The van der Waals surface area contributed by atoms with Crippen LogP contribution in [-0.4, -0.2) is 31.4 Å². The molecule has 1 unspecified atom stereocenters. The molecule has 5 nitrogen and oxygen atoms in total. The molecule has 0 aromatic heterocycles. The van der Waals surface area contributed by atoms with Gasteiger partial charge >= 0.3 is 0 Å². The Kier molecular flexibility index (Phi) is 4.25. The van der Waals surface area contributed by atoms with Gasteiger partial charge in [-0.15, -0.1) is 0 Å². The number of hydrogen-bond donors (Lipinski definition) is 2. The molecule has 0 saturated heterocycles. The van der Waals surface area contributed by atoms with Gasteiger partial charge in [0.05, 0.1) is 6.10 Å². The summed E-state index contributed by atoms with van der Waals surface area (Å²) in [5.41, 5.74) is 1.12. The van der Waals surface area contributed by atoms with E-state index in [9.17, 15) is 18.3 Å². The van der Waals surface area contributed by atoms with E-state index >= 15 is 0 Å². The van der Waals surface area contributed by atoms with E-state index in [0.717, 1.165) is 6.26 Å². The number of anilines is 1. The van der Waals surface area contributed by atoms with Crippen molar-refractivity contribution in [3.63, 3.8) is 0 Å². The van der Waals surface area contributed by atoms with E-state index in [1.165, 1.54) is 0 Å². The zero-order valence-electron chi connectivity index (χ0n) is 9.67. The fraction of sp³-hybridized carbons (Fsp3) is 0.364. The summed E-state index contributed by atoms with van der Waals surface area (Å²) in [5, 5.41) is 11.8. The molecule has 0 fully saturated rings. The quantitative estimate of drug-likeness (QED) is 0.832. The molecule has 0 radical (unpaired) electrons. The summed E-state index contributed by atoms with van der Waals surface area (Å²) in [6.45, 7) is 1.61. The van der Waals surface area contributed by atoms with Crippen molar-refractivity contribution in [3.05, 3.63) is 29.8 Å². The molecule has 1 rings (SSSR count). The van der Waals surface area contributed by atoms with Crippen molar-refractivity contribution in [3.8, 4) is 0 Å². The van der Waals surface area contributed by atoms with Gasteiger partial charge in [-0.1, -0.05) is 12.1 Å².